The zero-order valence-electron chi connectivity index (χ0n) is 22.6. The van der Waals surface area contributed by atoms with Gasteiger partial charge < -0.3 is 14.5 Å². The highest BCUT2D eigenvalue weighted by Crippen LogP contribution is 2.29. The second-order valence-corrected chi connectivity index (χ2v) is 10.7. The van der Waals surface area contributed by atoms with Crippen LogP contribution in [0.3, 0.4) is 0 Å². The smallest absolute Gasteiger partial charge is 0.257 e. The third-order valence-electron chi connectivity index (χ3n) is 8.11. The lowest BCUT2D eigenvalue weighted by Gasteiger charge is -2.33. The number of ether oxygens (including phenoxy) is 1. The molecule has 0 spiro atoms. The SMILES string of the molecule is CCN1CCCCCCN(C(=O)CCC2CCCC2)[C@H](Cc2ccccc2)COc2ccccc2C1=O. The molecule has 2 amide bonds. The molecule has 200 valence electrons. The van der Waals surface area contributed by atoms with Gasteiger partial charge in [0.25, 0.3) is 5.91 Å². The number of para-hydroxylation sites is 1. The maximum Gasteiger partial charge on any atom is 0.257 e. The molecule has 5 nitrogen and oxygen atoms in total. The first-order valence-electron chi connectivity index (χ1n) is 14.5. The summed E-state index contributed by atoms with van der Waals surface area (Å²) in [7, 11) is 0. The van der Waals surface area contributed by atoms with E-state index in [2.05, 4.69) is 29.2 Å². The second-order valence-electron chi connectivity index (χ2n) is 10.7. The van der Waals surface area contributed by atoms with Crippen LogP contribution >= 0.6 is 0 Å². The van der Waals surface area contributed by atoms with Crippen LogP contribution < -0.4 is 4.74 Å². The highest BCUT2D eigenvalue weighted by Gasteiger charge is 2.27. The van der Waals surface area contributed by atoms with Gasteiger partial charge in [0.1, 0.15) is 12.4 Å². The summed E-state index contributed by atoms with van der Waals surface area (Å²) < 4.78 is 6.40. The number of amides is 2. The lowest BCUT2D eigenvalue weighted by molar-refractivity contribution is -0.134. The van der Waals surface area contributed by atoms with Crippen molar-refractivity contribution in [3.8, 4) is 5.75 Å². The summed E-state index contributed by atoms with van der Waals surface area (Å²) in [6, 6.07) is 17.9. The summed E-state index contributed by atoms with van der Waals surface area (Å²) in [4.78, 5) is 31.1. The highest BCUT2D eigenvalue weighted by atomic mass is 16.5. The molecule has 0 unspecified atom stereocenters. The van der Waals surface area contributed by atoms with E-state index in [1.54, 1.807) is 0 Å². The number of hydrogen-bond donors (Lipinski definition) is 0. The number of nitrogens with zero attached hydrogens (tertiary/aromatic N) is 2. The Morgan fingerprint density at radius 1 is 0.892 bits per heavy atom. The van der Waals surface area contributed by atoms with Crippen LogP contribution in [0.5, 0.6) is 5.75 Å². The van der Waals surface area contributed by atoms with Crippen LogP contribution in [0.1, 0.15) is 87.1 Å². The third-order valence-corrected chi connectivity index (χ3v) is 8.11. The molecule has 1 fully saturated rings. The Labute approximate surface area is 223 Å². The van der Waals surface area contributed by atoms with E-state index in [4.69, 9.17) is 4.74 Å². The average molecular weight is 505 g/mol. The van der Waals surface area contributed by atoms with Crippen molar-refractivity contribution >= 4 is 11.8 Å². The van der Waals surface area contributed by atoms with E-state index in [0.29, 0.717) is 36.8 Å². The maximum absolute atomic E-state index is 13.7. The molecule has 2 aromatic rings. The molecule has 1 heterocycles. The van der Waals surface area contributed by atoms with Crippen molar-refractivity contribution in [2.75, 3.05) is 26.2 Å². The van der Waals surface area contributed by atoms with E-state index in [1.165, 1.54) is 31.2 Å². The van der Waals surface area contributed by atoms with Gasteiger partial charge in [0.15, 0.2) is 0 Å². The number of benzene rings is 2. The van der Waals surface area contributed by atoms with Crippen LogP contribution in [0.25, 0.3) is 0 Å². The lowest BCUT2D eigenvalue weighted by atomic mass is 9.99. The molecule has 0 bridgehead atoms. The van der Waals surface area contributed by atoms with Gasteiger partial charge in [0.05, 0.1) is 11.6 Å². The molecule has 0 N–H and O–H groups in total. The second kappa shape index (κ2) is 14.2. The van der Waals surface area contributed by atoms with E-state index >= 15 is 0 Å². The van der Waals surface area contributed by atoms with Gasteiger partial charge in [-0.05, 0) is 56.2 Å². The molecule has 1 aliphatic heterocycles. The molecule has 5 heteroatoms. The number of rotatable bonds is 6. The zero-order valence-corrected chi connectivity index (χ0v) is 22.6. The molecule has 0 aromatic heterocycles. The highest BCUT2D eigenvalue weighted by molar-refractivity contribution is 5.96. The Morgan fingerprint density at radius 3 is 2.35 bits per heavy atom. The largest absolute Gasteiger partial charge is 0.491 e. The Hall–Kier alpha value is -2.82. The number of fused-ring (bicyclic) bond motifs is 1. The zero-order chi connectivity index (χ0) is 25.9. The van der Waals surface area contributed by atoms with E-state index in [9.17, 15) is 9.59 Å². The molecule has 37 heavy (non-hydrogen) atoms. The number of hydrogen-bond acceptors (Lipinski definition) is 3. The van der Waals surface area contributed by atoms with Crippen molar-refractivity contribution < 1.29 is 14.3 Å². The molecule has 2 aromatic carbocycles. The predicted octanol–water partition coefficient (Wildman–Crippen LogP) is 6.51. The molecule has 0 radical (unpaired) electrons. The minimum atomic E-state index is -0.0770. The first-order valence-corrected chi connectivity index (χ1v) is 14.5. The fourth-order valence-corrected chi connectivity index (χ4v) is 5.89. The van der Waals surface area contributed by atoms with Gasteiger partial charge in [-0.15, -0.1) is 0 Å². The summed E-state index contributed by atoms with van der Waals surface area (Å²) >= 11 is 0. The van der Waals surface area contributed by atoms with Crippen LogP contribution in [0.2, 0.25) is 0 Å². The molecule has 2 aliphatic rings. The normalized spacial score (nSPS) is 20.2. The van der Waals surface area contributed by atoms with Crippen molar-refractivity contribution in [3.05, 3.63) is 65.7 Å². The minimum absolute atomic E-state index is 0.0271. The minimum Gasteiger partial charge on any atom is -0.491 e. The fraction of sp³-hybridized carbons (Fsp3) is 0.562. The molecule has 0 saturated heterocycles. The lowest BCUT2D eigenvalue weighted by Crippen LogP contribution is -2.46. The average Bonchev–Trinajstić information content (AvgIpc) is 3.45. The first kappa shape index (κ1) is 27.2. The van der Waals surface area contributed by atoms with E-state index in [0.717, 1.165) is 51.6 Å². The van der Waals surface area contributed by atoms with Crippen molar-refractivity contribution in [1.82, 2.24) is 9.80 Å². The van der Waals surface area contributed by atoms with Gasteiger partial charge in [-0.2, -0.15) is 0 Å². The van der Waals surface area contributed by atoms with Crippen LogP contribution in [0.4, 0.5) is 0 Å². The molecule has 1 aliphatic carbocycles. The Morgan fingerprint density at radius 2 is 1.59 bits per heavy atom. The van der Waals surface area contributed by atoms with Crippen molar-refractivity contribution in [2.24, 2.45) is 5.92 Å². The molecule has 1 saturated carbocycles. The third kappa shape index (κ3) is 7.83. The fourth-order valence-electron chi connectivity index (χ4n) is 5.89. The number of carbonyl (C=O) groups excluding carboxylic acids is 2. The van der Waals surface area contributed by atoms with Crippen LogP contribution in [0, 0.1) is 5.92 Å². The van der Waals surface area contributed by atoms with E-state index in [-0.39, 0.29) is 17.9 Å². The maximum atomic E-state index is 13.7. The van der Waals surface area contributed by atoms with Gasteiger partial charge in [0.2, 0.25) is 5.91 Å². The van der Waals surface area contributed by atoms with Gasteiger partial charge in [0, 0.05) is 26.1 Å². The van der Waals surface area contributed by atoms with Crippen molar-refractivity contribution in [2.45, 2.75) is 83.6 Å². The molecule has 1 atom stereocenters. The van der Waals surface area contributed by atoms with Crippen molar-refractivity contribution in [1.29, 1.82) is 0 Å². The molecule has 4 rings (SSSR count). The monoisotopic (exact) mass is 504 g/mol. The Balaban J connectivity index is 1.58. The van der Waals surface area contributed by atoms with Gasteiger partial charge in [-0.3, -0.25) is 9.59 Å². The standard InChI is InChI=1S/C32H44N2O3/c1-2-33-22-12-3-4-13-23-34(31(35)21-20-26-14-8-9-15-26)28(24-27-16-6-5-7-17-27)25-37-30-19-11-10-18-29(30)32(33)36/h5-7,10-11,16-19,26,28H,2-4,8-9,12-15,20-25H2,1H3/t28-/m1/s1. The predicted molar refractivity (Wildman–Crippen MR) is 149 cm³/mol. The van der Waals surface area contributed by atoms with Crippen LogP contribution in [-0.4, -0.2) is 53.9 Å². The summed E-state index contributed by atoms with van der Waals surface area (Å²) in [5.41, 5.74) is 1.81. The van der Waals surface area contributed by atoms with E-state index < -0.39 is 0 Å². The van der Waals surface area contributed by atoms with Crippen LogP contribution in [-0.2, 0) is 11.2 Å². The molecular weight excluding hydrogens is 460 g/mol. The van der Waals surface area contributed by atoms with Gasteiger partial charge >= 0.3 is 0 Å². The summed E-state index contributed by atoms with van der Waals surface area (Å²) in [6.07, 6.45) is 11.6. The van der Waals surface area contributed by atoms with Gasteiger partial charge in [-0.1, -0.05) is 81.0 Å². The van der Waals surface area contributed by atoms with Crippen LogP contribution in [0.15, 0.2) is 54.6 Å². The quantitative estimate of drug-likeness (QED) is 0.450. The topological polar surface area (TPSA) is 49.9 Å². The number of carbonyl (C=O) groups is 2. The van der Waals surface area contributed by atoms with Crippen molar-refractivity contribution in [3.63, 3.8) is 0 Å². The first-order chi connectivity index (χ1) is 18.2. The van der Waals surface area contributed by atoms with E-state index in [1.807, 2.05) is 42.2 Å². The Bertz CT molecular complexity index is 987. The summed E-state index contributed by atoms with van der Waals surface area (Å²) in [5.74, 6) is 1.59. The van der Waals surface area contributed by atoms with Gasteiger partial charge in [-0.25, -0.2) is 0 Å². The molecular formula is C32H44N2O3. The summed E-state index contributed by atoms with van der Waals surface area (Å²) in [5, 5.41) is 0. The summed E-state index contributed by atoms with van der Waals surface area (Å²) in [6.45, 7) is 4.62. The Kier molecular flexibility index (Phi) is 10.5.